The van der Waals surface area contributed by atoms with E-state index in [1.807, 2.05) is 13.0 Å². The van der Waals surface area contributed by atoms with Crippen LogP contribution in [0.15, 0.2) is 18.2 Å². The predicted octanol–water partition coefficient (Wildman–Crippen LogP) is 2.33. The molecule has 1 amide bonds. The van der Waals surface area contributed by atoms with Crippen molar-refractivity contribution in [3.63, 3.8) is 0 Å². The number of rotatable bonds is 1. The van der Waals surface area contributed by atoms with Gasteiger partial charge in [-0.2, -0.15) is 0 Å². The molecular weight excluding hydrogens is 190 g/mol. The summed E-state index contributed by atoms with van der Waals surface area (Å²) < 4.78 is 0. The van der Waals surface area contributed by atoms with Crippen LogP contribution in [0.2, 0.25) is 0 Å². The van der Waals surface area contributed by atoms with Gasteiger partial charge in [0.15, 0.2) is 5.78 Å². The summed E-state index contributed by atoms with van der Waals surface area (Å²) in [4.78, 5) is 22.4. The van der Waals surface area contributed by atoms with E-state index in [0.29, 0.717) is 6.42 Å². The monoisotopic (exact) mass is 203 g/mol. The van der Waals surface area contributed by atoms with Crippen molar-refractivity contribution in [1.29, 1.82) is 0 Å². The molecule has 0 aliphatic heterocycles. The van der Waals surface area contributed by atoms with Crippen LogP contribution in [0.4, 0.5) is 5.69 Å². The highest BCUT2D eigenvalue weighted by Gasteiger charge is 2.25. The molecule has 3 nitrogen and oxygen atoms in total. The number of Topliss-reactive ketones (excluding diaryl/α,β-unsaturated/α-hetero) is 1. The quantitative estimate of drug-likeness (QED) is 0.761. The van der Waals surface area contributed by atoms with E-state index in [9.17, 15) is 9.59 Å². The van der Waals surface area contributed by atoms with Crippen molar-refractivity contribution in [2.24, 2.45) is 0 Å². The molecule has 0 heterocycles. The summed E-state index contributed by atoms with van der Waals surface area (Å²) in [5, 5.41) is 2.72. The van der Waals surface area contributed by atoms with Gasteiger partial charge in [-0.1, -0.05) is 6.92 Å². The number of anilines is 1. The predicted molar refractivity (Wildman–Crippen MR) is 58.1 cm³/mol. The third-order valence-corrected chi connectivity index (χ3v) is 2.69. The van der Waals surface area contributed by atoms with Gasteiger partial charge in [0, 0.05) is 24.6 Å². The van der Waals surface area contributed by atoms with E-state index in [2.05, 4.69) is 5.32 Å². The summed E-state index contributed by atoms with van der Waals surface area (Å²) in [6, 6.07) is 5.47. The van der Waals surface area contributed by atoms with Gasteiger partial charge in [0.1, 0.15) is 0 Å². The first kappa shape index (κ1) is 9.90. The lowest BCUT2D eigenvalue weighted by molar-refractivity contribution is -0.114. The molecule has 0 aromatic heterocycles. The Hall–Kier alpha value is -1.64. The third kappa shape index (κ3) is 1.77. The highest BCUT2D eigenvalue weighted by Crippen LogP contribution is 2.34. The lowest BCUT2D eigenvalue weighted by Crippen LogP contribution is -2.06. The van der Waals surface area contributed by atoms with Crippen molar-refractivity contribution in [3.05, 3.63) is 29.3 Å². The first-order chi connectivity index (χ1) is 7.08. The van der Waals surface area contributed by atoms with E-state index in [4.69, 9.17) is 0 Å². The maximum Gasteiger partial charge on any atom is 0.221 e. The van der Waals surface area contributed by atoms with Crippen LogP contribution in [0.5, 0.6) is 0 Å². The second kappa shape index (κ2) is 3.50. The van der Waals surface area contributed by atoms with Crippen LogP contribution in [-0.4, -0.2) is 11.7 Å². The smallest absolute Gasteiger partial charge is 0.221 e. The standard InChI is InChI=1S/C12H13NO2/c1-7-5-12(15)10-4-3-9(6-11(7)10)13-8(2)14/h3-4,6-7H,5H2,1-2H3,(H,13,14)/t7-/m0/s1. The number of hydrogen-bond donors (Lipinski definition) is 1. The molecule has 0 radical (unpaired) electrons. The van der Waals surface area contributed by atoms with Crippen LogP contribution in [0, 0.1) is 0 Å². The summed E-state index contributed by atoms with van der Waals surface area (Å²) in [5.41, 5.74) is 2.62. The zero-order valence-electron chi connectivity index (χ0n) is 8.83. The van der Waals surface area contributed by atoms with Crippen molar-refractivity contribution in [3.8, 4) is 0 Å². The molecule has 1 N–H and O–H groups in total. The van der Waals surface area contributed by atoms with E-state index < -0.39 is 0 Å². The first-order valence-corrected chi connectivity index (χ1v) is 5.02. The molecule has 3 heteroatoms. The van der Waals surface area contributed by atoms with Gasteiger partial charge >= 0.3 is 0 Å². The number of ketones is 1. The lowest BCUT2D eigenvalue weighted by atomic mass is 10.0. The molecule has 0 bridgehead atoms. The fourth-order valence-corrected chi connectivity index (χ4v) is 2.00. The van der Waals surface area contributed by atoms with Crippen molar-refractivity contribution in [2.45, 2.75) is 26.2 Å². The van der Waals surface area contributed by atoms with Crippen LogP contribution in [-0.2, 0) is 4.79 Å². The minimum absolute atomic E-state index is 0.0908. The largest absolute Gasteiger partial charge is 0.326 e. The number of fused-ring (bicyclic) bond motifs is 1. The summed E-state index contributed by atoms with van der Waals surface area (Å²) in [5.74, 6) is 0.375. The molecule has 15 heavy (non-hydrogen) atoms. The van der Waals surface area contributed by atoms with Crippen LogP contribution in [0.3, 0.4) is 0 Å². The summed E-state index contributed by atoms with van der Waals surface area (Å²) >= 11 is 0. The Kier molecular flexibility index (Phi) is 2.31. The molecule has 1 aliphatic rings. The molecule has 1 atom stereocenters. The van der Waals surface area contributed by atoms with E-state index in [0.717, 1.165) is 16.8 Å². The molecule has 1 aliphatic carbocycles. The van der Waals surface area contributed by atoms with Crippen LogP contribution in [0.1, 0.15) is 42.1 Å². The number of nitrogens with one attached hydrogen (secondary N) is 1. The Morgan fingerprint density at radius 1 is 1.47 bits per heavy atom. The maximum absolute atomic E-state index is 11.5. The van der Waals surface area contributed by atoms with Gasteiger partial charge in [-0.3, -0.25) is 9.59 Å². The Morgan fingerprint density at radius 3 is 2.87 bits per heavy atom. The van der Waals surface area contributed by atoms with Gasteiger partial charge in [0.05, 0.1) is 0 Å². The molecule has 2 rings (SSSR count). The zero-order chi connectivity index (χ0) is 11.0. The van der Waals surface area contributed by atoms with Gasteiger partial charge in [-0.15, -0.1) is 0 Å². The van der Waals surface area contributed by atoms with Gasteiger partial charge in [0.25, 0.3) is 0 Å². The Balaban J connectivity index is 2.38. The molecule has 0 saturated heterocycles. The normalized spacial score (nSPS) is 18.8. The second-order valence-corrected chi connectivity index (χ2v) is 4.01. The van der Waals surface area contributed by atoms with Crippen molar-refractivity contribution >= 4 is 17.4 Å². The average Bonchev–Trinajstić information content (AvgIpc) is 2.41. The molecule has 0 unspecified atom stereocenters. The van der Waals surface area contributed by atoms with E-state index >= 15 is 0 Å². The van der Waals surface area contributed by atoms with E-state index in [1.54, 1.807) is 12.1 Å². The lowest BCUT2D eigenvalue weighted by Gasteiger charge is -2.07. The van der Waals surface area contributed by atoms with Gasteiger partial charge in [0.2, 0.25) is 5.91 Å². The van der Waals surface area contributed by atoms with Crippen LogP contribution >= 0.6 is 0 Å². The Labute approximate surface area is 88.5 Å². The second-order valence-electron chi connectivity index (χ2n) is 4.01. The summed E-state index contributed by atoms with van der Waals surface area (Å²) in [6.45, 7) is 3.50. The fraction of sp³-hybridized carbons (Fsp3) is 0.333. The van der Waals surface area contributed by atoms with Crippen molar-refractivity contribution in [1.82, 2.24) is 0 Å². The van der Waals surface area contributed by atoms with Crippen LogP contribution < -0.4 is 5.32 Å². The Bertz CT molecular complexity index is 437. The van der Waals surface area contributed by atoms with Crippen LogP contribution in [0.25, 0.3) is 0 Å². The molecule has 1 aromatic carbocycles. The number of amides is 1. The van der Waals surface area contributed by atoms with Gasteiger partial charge < -0.3 is 5.32 Å². The average molecular weight is 203 g/mol. The zero-order valence-corrected chi connectivity index (χ0v) is 8.83. The summed E-state index contributed by atoms with van der Waals surface area (Å²) in [7, 11) is 0. The van der Waals surface area contributed by atoms with Gasteiger partial charge in [-0.05, 0) is 29.7 Å². The number of benzene rings is 1. The number of carbonyl (C=O) groups excluding carboxylic acids is 2. The minimum atomic E-state index is -0.0908. The van der Waals surface area contributed by atoms with Crippen molar-refractivity contribution < 1.29 is 9.59 Å². The summed E-state index contributed by atoms with van der Waals surface area (Å²) in [6.07, 6.45) is 0.582. The highest BCUT2D eigenvalue weighted by atomic mass is 16.1. The first-order valence-electron chi connectivity index (χ1n) is 5.02. The highest BCUT2D eigenvalue weighted by molar-refractivity contribution is 6.02. The SMILES string of the molecule is CC(=O)Nc1ccc2c(c1)[C@@H](C)CC2=O. The molecule has 0 spiro atoms. The topological polar surface area (TPSA) is 46.2 Å². The maximum atomic E-state index is 11.5. The molecule has 78 valence electrons. The molecule has 0 fully saturated rings. The van der Waals surface area contributed by atoms with Crippen molar-refractivity contribution in [2.75, 3.05) is 5.32 Å². The van der Waals surface area contributed by atoms with E-state index in [-0.39, 0.29) is 17.6 Å². The number of hydrogen-bond acceptors (Lipinski definition) is 2. The molecular formula is C12H13NO2. The minimum Gasteiger partial charge on any atom is -0.326 e. The number of carbonyl (C=O) groups is 2. The van der Waals surface area contributed by atoms with Gasteiger partial charge in [-0.25, -0.2) is 0 Å². The third-order valence-electron chi connectivity index (χ3n) is 2.69. The Morgan fingerprint density at radius 2 is 2.20 bits per heavy atom. The molecule has 1 aromatic rings. The van der Waals surface area contributed by atoms with E-state index in [1.165, 1.54) is 6.92 Å². The molecule has 0 saturated carbocycles. The fourth-order valence-electron chi connectivity index (χ4n) is 2.00.